The molecular formula is C14H13F2NO2. The fourth-order valence-corrected chi connectivity index (χ4v) is 1.65. The minimum atomic E-state index is -0.850. The average molecular weight is 265 g/mol. The van der Waals surface area contributed by atoms with E-state index in [1.54, 1.807) is 24.3 Å². The van der Waals surface area contributed by atoms with Crippen molar-refractivity contribution in [2.45, 2.75) is 6.42 Å². The molecule has 0 aliphatic rings. The second-order valence-corrected chi connectivity index (χ2v) is 4.03. The molecule has 0 bridgehead atoms. The highest BCUT2D eigenvalue weighted by molar-refractivity contribution is 5.45. The molecule has 2 aromatic rings. The highest BCUT2D eigenvalue weighted by Gasteiger charge is 2.12. The van der Waals surface area contributed by atoms with Gasteiger partial charge in [0.15, 0.2) is 17.4 Å². The third-order valence-electron chi connectivity index (χ3n) is 2.56. The van der Waals surface area contributed by atoms with Gasteiger partial charge >= 0.3 is 0 Å². The van der Waals surface area contributed by atoms with Crippen molar-refractivity contribution in [2.24, 2.45) is 0 Å². The Morgan fingerprint density at radius 1 is 1.05 bits per heavy atom. The molecule has 19 heavy (non-hydrogen) atoms. The van der Waals surface area contributed by atoms with E-state index >= 15 is 0 Å². The summed E-state index contributed by atoms with van der Waals surface area (Å²) in [6.07, 6.45) is 0.519. The lowest BCUT2D eigenvalue weighted by molar-refractivity contribution is 0.299. The number of rotatable bonds is 4. The van der Waals surface area contributed by atoms with Crippen molar-refractivity contribution in [3.8, 4) is 11.5 Å². The van der Waals surface area contributed by atoms with Crippen molar-refractivity contribution in [1.82, 2.24) is 0 Å². The smallest absolute Gasteiger partial charge is 0.198 e. The van der Waals surface area contributed by atoms with Gasteiger partial charge in [0.05, 0.1) is 0 Å². The largest absolute Gasteiger partial charge is 0.451 e. The van der Waals surface area contributed by atoms with E-state index < -0.39 is 17.4 Å². The average Bonchev–Trinajstić information content (AvgIpc) is 2.36. The van der Waals surface area contributed by atoms with Crippen molar-refractivity contribution in [2.75, 3.05) is 12.3 Å². The van der Waals surface area contributed by atoms with E-state index in [1.807, 2.05) is 0 Å². The fourth-order valence-electron chi connectivity index (χ4n) is 1.65. The molecule has 0 radical (unpaired) electrons. The van der Waals surface area contributed by atoms with E-state index in [0.717, 1.165) is 17.7 Å². The molecule has 0 heterocycles. The van der Waals surface area contributed by atoms with E-state index in [1.165, 1.54) is 0 Å². The zero-order valence-electron chi connectivity index (χ0n) is 10.1. The molecular weight excluding hydrogens is 252 g/mol. The van der Waals surface area contributed by atoms with Gasteiger partial charge in [-0.1, -0.05) is 12.1 Å². The third kappa shape index (κ3) is 3.20. The van der Waals surface area contributed by atoms with Crippen molar-refractivity contribution >= 4 is 5.69 Å². The maximum Gasteiger partial charge on any atom is 0.198 e. The van der Waals surface area contributed by atoms with Crippen LogP contribution in [0.25, 0.3) is 0 Å². The van der Waals surface area contributed by atoms with Crippen LogP contribution in [0.15, 0.2) is 36.4 Å². The molecule has 2 aromatic carbocycles. The predicted molar refractivity (Wildman–Crippen MR) is 68.1 cm³/mol. The summed E-state index contributed by atoms with van der Waals surface area (Å²) in [5.74, 6) is -1.87. The van der Waals surface area contributed by atoms with Crippen LogP contribution in [0, 0.1) is 11.6 Å². The highest BCUT2D eigenvalue weighted by atomic mass is 19.1. The Morgan fingerprint density at radius 3 is 2.16 bits per heavy atom. The Morgan fingerprint density at radius 2 is 1.63 bits per heavy atom. The molecule has 0 saturated heterocycles. The van der Waals surface area contributed by atoms with Crippen LogP contribution in [-0.4, -0.2) is 11.7 Å². The molecule has 0 unspecified atom stereocenters. The Bertz CT molecular complexity index is 547. The van der Waals surface area contributed by atoms with Gasteiger partial charge in [0.1, 0.15) is 5.75 Å². The van der Waals surface area contributed by atoms with Crippen LogP contribution in [0.4, 0.5) is 14.5 Å². The van der Waals surface area contributed by atoms with Crippen molar-refractivity contribution in [1.29, 1.82) is 0 Å². The van der Waals surface area contributed by atoms with Gasteiger partial charge in [-0.05, 0) is 24.1 Å². The van der Waals surface area contributed by atoms with Crippen LogP contribution < -0.4 is 10.5 Å². The first-order chi connectivity index (χ1) is 9.10. The van der Waals surface area contributed by atoms with E-state index in [2.05, 4.69) is 0 Å². The van der Waals surface area contributed by atoms with Gasteiger partial charge in [0.2, 0.25) is 0 Å². The zero-order valence-corrected chi connectivity index (χ0v) is 10.1. The summed E-state index contributed by atoms with van der Waals surface area (Å²) < 4.78 is 32.2. The lowest BCUT2D eigenvalue weighted by Crippen LogP contribution is -1.96. The van der Waals surface area contributed by atoms with E-state index in [0.29, 0.717) is 12.2 Å². The molecule has 100 valence electrons. The van der Waals surface area contributed by atoms with Crippen molar-refractivity contribution in [3.05, 3.63) is 53.6 Å². The maximum absolute atomic E-state index is 13.5. The van der Waals surface area contributed by atoms with Crippen LogP contribution >= 0.6 is 0 Å². The van der Waals surface area contributed by atoms with Gasteiger partial charge in [-0.3, -0.25) is 0 Å². The molecule has 0 amide bonds. The molecule has 0 atom stereocenters. The quantitative estimate of drug-likeness (QED) is 0.836. The molecule has 5 heteroatoms. The topological polar surface area (TPSA) is 55.5 Å². The number of aliphatic hydroxyl groups excluding tert-OH is 1. The molecule has 3 N–H and O–H groups in total. The van der Waals surface area contributed by atoms with Crippen LogP contribution in [0.2, 0.25) is 0 Å². The summed E-state index contributed by atoms with van der Waals surface area (Å²) in [6.45, 7) is 0.0431. The second kappa shape index (κ2) is 5.67. The number of halogens is 2. The van der Waals surface area contributed by atoms with Gasteiger partial charge in [0, 0.05) is 24.4 Å². The number of ether oxygens (including phenoxy) is 1. The summed E-state index contributed by atoms with van der Waals surface area (Å²) in [5, 5.41) is 8.78. The monoisotopic (exact) mass is 265 g/mol. The highest BCUT2D eigenvalue weighted by Crippen LogP contribution is 2.29. The minimum Gasteiger partial charge on any atom is -0.451 e. The van der Waals surface area contributed by atoms with Gasteiger partial charge in [-0.15, -0.1) is 0 Å². The number of benzene rings is 2. The van der Waals surface area contributed by atoms with Crippen LogP contribution in [-0.2, 0) is 6.42 Å². The lowest BCUT2D eigenvalue weighted by atomic mass is 10.1. The molecule has 0 aromatic heterocycles. The predicted octanol–water partition coefficient (Wildman–Crippen LogP) is 2.87. The summed E-state index contributed by atoms with van der Waals surface area (Å²) >= 11 is 0. The second-order valence-electron chi connectivity index (χ2n) is 4.03. The Labute approximate surface area is 109 Å². The summed E-state index contributed by atoms with van der Waals surface area (Å²) in [5.41, 5.74) is 6.23. The summed E-state index contributed by atoms with van der Waals surface area (Å²) in [4.78, 5) is 0. The lowest BCUT2D eigenvalue weighted by Gasteiger charge is -2.09. The molecule has 3 nitrogen and oxygen atoms in total. The van der Waals surface area contributed by atoms with Gasteiger partial charge in [-0.25, -0.2) is 8.78 Å². The number of hydrogen-bond acceptors (Lipinski definition) is 3. The molecule has 0 spiro atoms. The molecule has 0 fully saturated rings. The SMILES string of the molecule is Nc1cc(F)c(Oc2ccc(CCO)cc2)c(F)c1. The van der Waals surface area contributed by atoms with Crippen LogP contribution in [0.1, 0.15) is 5.56 Å². The van der Waals surface area contributed by atoms with Crippen molar-refractivity contribution in [3.63, 3.8) is 0 Å². The maximum atomic E-state index is 13.5. The zero-order chi connectivity index (χ0) is 13.8. The molecule has 2 rings (SSSR count). The molecule has 0 aliphatic heterocycles. The fraction of sp³-hybridized carbons (Fsp3) is 0.143. The number of aliphatic hydroxyl groups is 1. The molecule has 0 aliphatic carbocycles. The van der Waals surface area contributed by atoms with E-state index in [-0.39, 0.29) is 12.3 Å². The van der Waals surface area contributed by atoms with E-state index in [4.69, 9.17) is 15.6 Å². The molecule has 0 saturated carbocycles. The summed E-state index contributed by atoms with van der Waals surface area (Å²) in [6, 6.07) is 8.61. The number of nitrogens with two attached hydrogens (primary N) is 1. The third-order valence-corrected chi connectivity index (χ3v) is 2.56. The van der Waals surface area contributed by atoms with Crippen LogP contribution in [0.3, 0.4) is 0 Å². The first-order valence-corrected chi connectivity index (χ1v) is 5.72. The number of hydrogen-bond donors (Lipinski definition) is 2. The first-order valence-electron chi connectivity index (χ1n) is 5.72. The van der Waals surface area contributed by atoms with Crippen LogP contribution in [0.5, 0.6) is 11.5 Å². The van der Waals surface area contributed by atoms with Crippen molar-refractivity contribution < 1.29 is 18.6 Å². The standard InChI is InChI=1S/C14H13F2NO2/c15-12-7-10(17)8-13(16)14(12)19-11-3-1-9(2-4-11)5-6-18/h1-4,7-8,18H,5-6,17H2. The normalized spacial score (nSPS) is 10.5. The summed E-state index contributed by atoms with van der Waals surface area (Å²) in [7, 11) is 0. The Kier molecular flexibility index (Phi) is 3.97. The van der Waals surface area contributed by atoms with E-state index in [9.17, 15) is 8.78 Å². The van der Waals surface area contributed by atoms with Gasteiger partial charge in [0.25, 0.3) is 0 Å². The van der Waals surface area contributed by atoms with Gasteiger partial charge < -0.3 is 15.6 Å². The number of anilines is 1. The minimum absolute atomic E-state index is 0.000596. The Hall–Kier alpha value is -2.14. The first kappa shape index (κ1) is 13.3. The Balaban J connectivity index is 2.21. The van der Waals surface area contributed by atoms with Gasteiger partial charge in [-0.2, -0.15) is 0 Å². The number of nitrogen functional groups attached to an aromatic ring is 1.